The Morgan fingerprint density at radius 1 is 1.42 bits per heavy atom. The second-order valence-electron chi connectivity index (χ2n) is 7.44. The molecule has 5 N–H and O–H groups in total. The molecule has 4 rings (SSSR count). The van der Waals surface area contributed by atoms with E-state index in [0.717, 1.165) is 0 Å². The van der Waals surface area contributed by atoms with Crippen LogP contribution in [0.4, 0.5) is 16.3 Å². The minimum atomic E-state index is -1.89. The number of nitrogens with one attached hydrogen (secondary N) is 1. The lowest BCUT2D eigenvalue weighted by atomic mass is 10.1. The molecular weight excluding hydrogens is 438 g/mol. The molecule has 4 atom stereocenters. The van der Waals surface area contributed by atoms with Crippen molar-refractivity contribution in [1.82, 2.24) is 24.8 Å². The third kappa shape index (κ3) is 4.02. The summed E-state index contributed by atoms with van der Waals surface area (Å²) in [6.45, 7) is 1.18. The Bertz CT molecular complexity index is 1180. The zero-order chi connectivity index (χ0) is 23.8. The second-order valence-corrected chi connectivity index (χ2v) is 7.44. The fraction of sp³-hybridized carbons (Fsp3) is 0.368. The third-order valence-electron chi connectivity index (χ3n) is 5.35. The van der Waals surface area contributed by atoms with E-state index in [1.165, 1.54) is 41.5 Å². The van der Waals surface area contributed by atoms with Gasteiger partial charge in [-0.25, -0.2) is 19.7 Å². The summed E-state index contributed by atoms with van der Waals surface area (Å²) in [4.78, 5) is 35.2. The minimum Gasteiger partial charge on any atom is -0.442 e. The second kappa shape index (κ2) is 8.57. The smallest absolute Gasteiger partial charge is 0.411 e. The number of imidazole rings is 1. The van der Waals surface area contributed by atoms with Crippen molar-refractivity contribution < 1.29 is 29.4 Å². The molecule has 1 aromatic carbocycles. The van der Waals surface area contributed by atoms with Gasteiger partial charge in [-0.1, -0.05) is 0 Å². The van der Waals surface area contributed by atoms with Crippen LogP contribution in [0.2, 0.25) is 0 Å². The Hall–Kier alpha value is -3.88. The van der Waals surface area contributed by atoms with Gasteiger partial charge in [0, 0.05) is 18.6 Å². The van der Waals surface area contributed by atoms with Gasteiger partial charge in [-0.3, -0.25) is 20.0 Å². The van der Waals surface area contributed by atoms with E-state index < -0.39 is 41.8 Å². The largest absolute Gasteiger partial charge is 0.442 e. The summed E-state index contributed by atoms with van der Waals surface area (Å²) in [5.41, 5.74) is 6.67. The first kappa shape index (κ1) is 22.3. The van der Waals surface area contributed by atoms with Gasteiger partial charge in [-0.15, -0.1) is 0 Å². The number of nitrogens with zero attached hydrogens (tertiary/aromatic N) is 5. The van der Waals surface area contributed by atoms with Crippen molar-refractivity contribution in [3.63, 3.8) is 0 Å². The van der Waals surface area contributed by atoms with Gasteiger partial charge in [-0.05, 0) is 24.6 Å². The number of hydrogen-bond acceptors (Lipinski definition) is 11. The first-order valence-electron chi connectivity index (χ1n) is 9.89. The summed E-state index contributed by atoms with van der Waals surface area (Å²) in [6, 6.07) is 5.53. The van der Waals surface area contributed by atoms with Gasteiger partial charge >= 0.3 is 6.09 Å². The van der Waals surface area contributed by atoms with E-state index in [4.69, 9.17) is 15.2 Å². The Kier molecular flexibility index (Phi) is 5.80. The van der Waals surface area contributed by atoms with E-state index in [0.29, 0.717) is 5.56 Å². The number of nitrogen functional groups attached to an aromatic ring is 1. The zero-order valence-corrected chi connectivity index (χ0v) is 17.4. The molecule has 14 heteroatoms. The highest BCUT2D eigenvalue weighted by atomic mass is 16.6. The van der Waals surface area contributed by atoms with Gasteiger partial charge in [0.25, 0.3) is 11.5 Å². The van der Waals surface area contributed by atoms with Crippen LogP contribution in [0, 0.1) is 10.1 Å². The van der Waals surface area contributed by atoms with Crippen molar-refractivity contribution in [2.45, 2.75) is 37.5 Å². The molecule has 1 unspecified atom stereocenters. The van der Waals surface area contributed by atoms with Gasteiger partial charge < -0.3 is 25.4 Å². The van der Waals surface area contributed by atoms with Gasteiger partial charge in [0.05, 0.1) is 17.6 Å². The molecule has 14 nitrogen and oxygen atoms in total. The maximum Gasteiger partial charge on any atom is 0.411 e. The summed E-state index contributed by atoms with van der Waals surface area (Å²) in [5.74, 6) is -1.80. The van der Waals surface area contributed by atoms with Gasteiger partial charge in [0.1, 0.15) is 30.4 Å². The van der Waals surface area contributed by atoms with Crippen molar-refractivity contribution in [3.05, 3.63) is 52.6 Å². The van der Waals surface area contributed by atoms with Crippen LogP contribution in [0.25, 0.3) is 11.2 Å². The van der Waals surface area contributed by atoms with Crippen molar-refractivity contribution >= 4 is 28.8 Å². The summed E-state index contributed by atoms with van der Waals surface area (Å²) in [7, 11) is 0. The molecule has 0 bridgehead atoms. The highest BCUT2D eigenvalue weighted by Gasteiger charge is 2.52. The number of carbonyl (C=O) groups excluding carboxylic acids is 1. The van der Waals surface area contributed by atoms with Crippen LogP contribution in [0.5, 0.6) is 0 Å². The van der Waals surface area contributed by atoms with E-state index in [1.807, 2.05) is 0 Å². The number of benzene rings is 1. The topological polar surface area (TPSA) is 201 Å². The van der Waals surface area contributed by atoms with E-state index >= 15 is 0 Å². The van der Waals surface area contributed by atoms with Crippen LogP contribution in [0.1, 0.15) is 25.0 Å². The summed E-state index contributed by atoms with van der Waals surface area (Å²) in [5, 5.41) is 33.7. The molecule has 33 heavy (non-hydrogen) atoms. The quantitative estimate of drug-likeness (QED) is 0.296. The fourth-order valence-electron chi connectivity index (χ4n) is 3.66. The molecule has 1 fully saturated rings. The molecule has 2 aromatic heterocycles. The van der Waals surface area contributed by atoms with Crippen LogP contribution in [-0.4, -0.2) is 59.6 Å². The normalized spacial score (nSPS) is 23.4. The first-order chi connectivity index (χ1) is 15.7. The number of fused-ring (bicyclic) bond motifs is 1. The lowest BCUT2D eigenvalue weighted by molar-refractivity contribution is -0.384. The number of nitro benzene ring substituents is 1. The highest BCUT2D eigenvalue weighted by Crippen LogP contribution is 2.36. The van der Waals surface area contributed by atoms with Crippen LogP contribution in [0.3, 0.4) is 0 Å². The number of aliphatic hydroxyl groups excluding tert-OH is 2. The predicted molar refractivity (Wildman–Crippen MR) is 111 cm³/mol. The number of alkyl carbamates (subject to hydrolysis) is 1. The number of aliphatic hydroxyl groups is 2. The fourth-order valence-corrected chi connectivity index (χ4v) is 3.66. The van der Waals surface area contributed by atoms with Crippen molar-refractivity contribution in [1.29, 1.82) is 0 Å². The standard InChI is InChI=1S/C19H21N7O7/c1-10(11-2-4-12(5-3-11)26(30)31)32-18(29)24-19(14(28)6-13(7-27)33-19)25-9-23-15-16(20)21-8-22-17(15)25/h2-5,8-10,13-14,27-28H,6-7H2,1H3,(H,24,29)(H2,20,21,22)/t10?,13-,14+,19-/m0/s1. The SMILES string of the molecule is CC(OC(=O)N[C@@]1(n2cnc3c(N)ncnc32)O[C@H](CO)C[C@H]1O)c1ccc([N+](=O)[O-])cc1. The molecule has 1 aliphatic rings. The number of nitro groups is 1. The number of anilines is 1. The van der Waals surface area contributed by atoms with Crippen LogP contribution in [0.15, 0.2) is 36.9 Å². The summed E-state index contributed by atoms with van der Waals surface area (Å²) < 4.78 is 12.5. The predicted octanol–water partition coefficient (Wildman–Crippen LogP) is 0.556. The molecule has 0 radical (unpaired) electrons. The minimum absolute atomic E-state index is 0.00885. The lowest BCUT2D eigenvalue weighted by Crippen LogP contribution is -2.57. The number of aromatic nitrogens is 4. The zero-order valence-electron chi connectivity index (χ0n) is 17.4. The number of nitrogens with two attached hydrogens (primary N) is 1. The first-order valence-corrected chi connectivity index (χ1v) is 9.89. The number of carbonyl (C=O) groups is 1. The van der Waals surface area contributed by atoms with Crippen molar-refractivity contribution in [2.75, 3.05) is 12.3 Å². The lowest BCUT2D eigenvalue weighted by Gasteiger charge is -2.34. The number of hydrogen-bond donors (Lipinski definition) is 4. The molecule has 1 aliphatic heterocycles. The number of non-ortho nitro benzene ring substituents is 1. The molecule has 0 aliphatic carbocycles. The number of amides is 1. The molecule has 0 saturated carbocycles. The van der Waals surface area contributed by atoms with Crippen LogP contribution in [-0.2, 0) is 15.3 Å². The average Bonchev–Trinajstić information content (AvgIpc) is 3.36. The van der Waals surface area contributed by atoms with Crippen molar-refractivity contribution in [3.8, 4) is 0 Å². The van der Waals surface area contributed by atoms with Crippen molar-refractivity contribution in [2.24, 2.45) is 0 Å². The maximum atomic E-state index is 12.8. The number of rotatable bonds is 6. The molecule has 0 spiro atoms. The molecule has 3 heterocycles. The van der Waals surface area contributed by atoms with Crippen LogP contribution >= 0.6 is 0 Å². The molecule has 1 amide bonds. The van der Waals surface area contributed by atoms with Gasteiger partial charge in [0.2, 0.25) is 0 Å². The van der Waals surface area contributed by atoms with E-state index in [2.05, 4.69) is 20.3 Å². The average molecular weight is 459 g/mol. The maximum absolute atomic E-state index is 12.8. The Balaban J connectivity index is 1.61. The molecule has 1 saturated heterocycles. The molecule has 3 aromatic rings. The summed E-state index contributed by atoms with van der Waals surface area (Å²) in [6.07, 6.45) is -1.35. The van der Waals surface area contributed by atoms with E-state index in [1.54, 1.807) is 6.92 Å². The molecule has 174 valence electrons. The Labute approximate surface area is 186 Å². The highest BCUT2D eigenvalue weighted by molar-refractivity contribution is 5.81. The van der Waals surface area contributed by atoms with Gasteiger partial charge in [-0.2, -0.15) is 0 Å². The monoisotopic (exact) mass is 459 g/mol. The van der Waals surface area contributed by atoms with Crippen LogP contribution < -0.4 is 11.1 Å². The summed E-state index contributed by atoms with van der Waals surface area (Å²) >= 11 is 0. The molecular formula is C19H21N7O7. The van der Waals surface area contributed by atoms with E-state index in [-0.39, 0.29) is 29.1 Å². The third-order valence-corrected chi connectivity index (χ3v) is 5.35. The van der Waals surface area contributed by atoms with E-state index in [9.17, 15) is 25.1 Å². The Morgan fingerprint density at radius 2 is 2.15 bits per heavy atom. The Morgan fingerprint density at radius 3 is 2.79 bits per heavy atom. The van der Waals surface area contributed by atoms with Gasteiger partial charge in [0.15, 0.2) is 11.5 Å². The number of ether oxygens (including phenoxy) is 2.